The van der Waals surface area contributed by atoms with E-state index in [1.165, 1.54) is 57.8 Å². The molecule has 0 aromatic heterocycles. The molecule has 1 saturated carbocycles. The first kappa shape index (κ1) is 35.0. The number of fused-ring (bicyclic) bond motifs is 1. The molecular formula is C31H60O3. The Morgan fingerprint density at radius 3 is 2.06 bits per heavy atom. The summed E-state index contributed by atoms with van der Waals surface area (Å²) in [6.07, 6.45) is 16.1. The maximum absolute atomic E-state index is 11.6. The third kappa shape index (κ3) is 13.7. The van der Waals surface area contributed by atoms with Crippen LogP contribution < -0.4 is 0 Å². The number of Topliss-reactive ketones (excluding diaryl/α,β-unsaturated/α-hetero) is 1. The molecule has 0 spiro atoms. The minimum absolute atomic E-state index is 0.253. The van der Waals surface area contributed by atoms with Gasteiger partial charge in [0, 0.05) is 12.3 Å². The number of carboxylic acid groups (broad SMARTS) is 1. The highest BCUT2D eigenvalue weighted by molar-refractivity contribution is 5.77. The van der Waals surface area contributed by atoms with Crippen LogP contribution in [0.3, 0.4) is 0 Å². The van der Waals surface area contributed by atoms with Crippen LogP contribution in [0.25, 0.3) is 0 Å². The summed E-state index contributed by atoms with van der Waals surface area (Å²) in [7, 11) is 0. The highest BCUT2D eigenvalue weighted by Gasteiger charge is 2.38. The molecule has 5 atom stereocenters. The van der Waals surface area contributed by atoms with Crippen LogP contribution in [0.4, 0.5) is 0 Å². The zero-order valence-electron chi connectivity index (χ0n) is 24.6. The average Bonchev–Trinajstić information content (AvgIpc) is 2.82. The number of allylic oxidation sites excluding steroid dienone is 2. The number of ketones is 1. The second-order valence-electron chi connectivity index (χ2n) is 10.2. The van der Waals surface area contributed by atoms with Crippen molar-refractivity contribution >= 4 is 11.8 Å². The van der Waals surface area contributed by atoms with E-state index in [0.29, 0.717) is 5.78 Å². The van der Waals surface area contributed by atoms with Crippen molar-refractivity contribution in [2.24, 2.45) is 35.5 Å². The molecule has 3 heteroatoms. The maximum Gasteiger partial charge on any atom is 0.303 e. The molecule has 3 nitrogen and oxygen atoms in total. The molecule has 0 radical (unpaired) electrons. The lowest BCUT2D eigenvalue weighted by atomic mass is 9.60. The molecule has 0 amide bonds. The van der Waals surface area contributed by atoms with Crippen molar-refractivity contribution in [3.63, 3.8) is 0 Å². The Kier molecular flexibility index (Phi) is 21.8. The van der Waals surface area contributed by atoms with Gasteiger partial charge in [-0.3, -0.25) is 9.59 Å². The van der Waals surface area contributed by atoms with Crippen LogP contribution in [0.15, 0.2) is 11.6 Å². The standard InChI is InChI=1S/C22H38O.C5H10O2.2C2H6/c1-5-9-18(13-12-16(3)17(4)23)22-15-14-19-10-7-8-11-21(19)20(22)6-2;1-4(2)3-5(6)7;2*1-2/h10,16,18,20-22H,5-9,11-15H2,1-4H3;4H,3H2,1-2H3,(H,6,7);2*1-2H3. The molecular weight excluding hydrogens is 420 g/mol. The Labute approximate surface area is 213 Å². The molecule has 0 aromatic rings. The molecule has 1 fully saturated rings. The molecule has 1 N–H and O–H groups in total. The lowest BCUT2D eigenvalue weighted by molar-refractivity contribution is -0.137. The number of hydrogen-bond acceptors (Lipinski definition) is 2. The van der Waals surface area contributed by atoms with Gasteiger partial charge >= 0.3 is 5.97 Å². The van der Waals surface area contributed by atoms with Crippen molar-refractivity contribution in [3.8, 4) is 0 Å². The predicted molar refractivity (Wildman–Crippen MR) is 149 cm³/mol. The van der Waals surface area contributed by atoms with Crippen molar-refractivity contribution < 1.29 is 14.7 Å². The van der Waals surface area contributed by atoms with Crippen LogP contribution in [0, 0.1) is 35.5 Å². The van der Waals surface area contributed by atoms with Gasteiger partial charge in [0.25, 0.3) is 0 Å². The molecule has 0 aliphatic heterocycles. The van der Waals surface area contributed by atoms with E-state index in [1.807, 2.05) is 41.5 Å². The van der Waals surface area contributed by atoms with Crippen LogP contribution in [0.2, 0.25) is 0 Å². The van der Waals surface area contributed by atoms with Crippen molar-refractivity contribution in [1.29, 1.82) is 0 Å². The summed E-state index contributed by atoms with van der Waals surface area (Å²) in [5, 5.41) is 8.08. The second-order valence-corrected chi connectivity index (χ2v) is 10.2. The van der Waals surface area contributed by atoms with Crippen LogP contribution >= 0.6 is 0 Å². The van der Waals surface area contributed by atoms with Crippen molar-refractivity contribution in [2.75, 3.05) is 0 Å². The van der Waals surface area contributed by atoms with Gasteiger partial charge in [0.2, 0.25) is 0 Å². The smallest absolute Gasteiger partial charge is 0.303 e. The van der Waals surface area contributed by atoms with Gasteiger partial charge < -0.3 is 5.11 Å². The van der Waals surface area contributed by atoms with Gasteiger partial charge in [-0.2, -0.15) is 0 Å². The topological polar surface area (TPSA) is 54.4 Å². The summed E-state index contributed by atoms with van der Waals surface area (Å²) in [5.74, 6) is 3.72. The van der Waals surface area contributed by atoms with E-state index < -0.39 is 5.97 Å². The summed E-state index contributed by atoms with van der Waals surface area (Å²) in [6, 6.07) is 0. The van der Waals surface area contributed by atoms with E-state index in [0.717, 1.165) is 30.1 Å². The Balaban J connectivity index is 0. The Bertz CT molecular complexity index is 549. The first-order chi connectivity index (χ1) is 16.2. The zero-order valence-corrected chi connectivity index (χ0v) is 24.6. The van der Waals surface area contributed by atoms with Crippen LogP contribution in [-0.4, -0.2) is 16.9 Å². The summed E-state index contributed by atoms with van der Waals surface area (Å²) in [6.45, 7) is 20.4. The normalized spacial score (nSPS) is 22.8. The van der Waals surface area contributed by atoms with Crippen molar-refractivity contribution in [3.05, 3.63) is 11.6 Å². The van der Waals surface area contributed by atoms with Gasteiger partial charge in [0.1, 0.15) is 5.78 Å². The molecule has 2 aliphatic rings. The quantitative estimate of drug-likeness (QED) is 0.316. The lowest BCUT2D eigenvalue weighted by Crippen LogP contribution is -2.35. The van der Waals surface area contributed by atoms with Gasteiger partial charge in [-0.25, -0.2) is 0 Å². The SMILES string of the molecule is CC.CC.CC(C)CC(=O)O.CCCC(CCC(C)C(C)=O)C1CCC2=CCCCC2C1CC. The molecule has 0 bridgehead atoms. The molecule has 0 saturated heterocycles. The fourth-order valence-corrected chi connectivity index (χ4v) is 5.72. The van der Waals surface area contributed by atoms with Crippen LogP contribution in [0.5, 0.6) is 0 Å². The molecule has 0 heterocycles. The molecule has 202 valence electrons. The lowest BCUT2D eigenvalue weighted by Gasteiger charge is -2.45. The third-order valence-corrected chi connectivity index (χ3v) is 7.42. The second kappa shape index (κ2) is 21.2. The highest BCUT2D eigenvalue weighted by Crippen LogP contribution is 2.49. The Hall–Kier alpha value is -1.12. The van der Waals surface area contributed by atoms with Crippen molar-refractivity contribution in [1.82, 2.24) is 0 Å². The van der Waals surface area contributed by atoms with Crippen LogP contribution in [-0.2, 0) is 9.59 Å². The Morgan fingerprint density at radius 2 is 1.62 bits per heavy atom. The fourth-order valence-electron chi connectivity index (χ4n) is 5.72. The molecule has 0 aromatic carbocycles. The summed E-state index contributed by atoms with van der Waals surface area (Å²) in [5.41, 5.74) is 1.80. The summed E-state index contributed by atoms with van der Waals surface area (Å²) in [4.78, 5) is 21.4. The molecule has 5 unspecified atom stereocenters. The van der Waals surface area contributed by atoms with Crippen molar-refractivity contribution in [2.45, 2.75) is 140 Å². The van der Waals surface area contributed by atoms with E-state index >= 15 is 0 Å². The molecule has 2 rings (SSSR count). The average molecular weight is 481 g/mol. The summed E-state index contributed by atoms with van der Waals surface area (Å²) < 4.78 is 0. The van der Waals surface area contributed by atoms with Gasteiger partial charge in [-0.15, -0.1) is 0 Å². The number of carbonyl (C=O) groups excluding carboxylic acids is 1. The first-order valence-corrected chi connectivity index (χ1v) is 14.6. The zero-order chi connectivity index (χ0) is 26.7. The Morgan fingerprint density at radius 1 is 1.00 bits per heavy atom. The molecule has 2 aliphatic carbocycles. The fraction of sp³-hybridized carbons (Fsp3) is 0.871. The number of hydrogen-bond donors (Lipinski definition) is 1. The monoisotopic (exact) mass is 480 g/mol. The van der Waals surface area contributed by atoms with E-state index in [-0.39, 0.29) is 18.3 Å². The third-order valence-electron chi connectivity index (χ3n) is 7.42. The number of aliphatic carboxylic acids is 1. The highest BCUT2D eigenvalue weighted by atomic mass is 16.4. The number of carboxylic acids is 1. The van der Waals surface area contributed by atoms with Gasteiger partial charge in [0.05, 0.1) is 0 Å². The minimum atomic E-state index is -0.713. The van der Waals surface area contributed by atoms with E-state index in [1.54, 1.807) is 12.5 Å². The molecule has 34 heavy (non-hydrogen) atoms. The van der Waals surface area contributed by atoms with E-state index in [4.69, 9.17) is 5.11 Å². The predicted octanol–water partition coefficient (Wildman–Crippen LogP) is 9.74. The first-order valence-electron chi connectivity index (χ1n) is 14.6. The maximum atomic E-state index is 11.6. The van der Waals surface area contributed by atoms with Gasteiger partial charge in [-0.1, -0.05) is 93.2 Å². The van der Waals surface area contributed by atoms with E-state index in [2.05, 4.69) is 26.8 Å². The van der Waals surface area contributed by atoms with E-state index in [9.17, 15) is 9.59 Å². The number of rotatable bonds is 10. The largest absolute Gasteiger partial charge is 0.481 e. The van der Waals surface area contributed by atoms with Crippen LogP contribution in [0.1, 0.15) is 140 Å². The van der Waals surface area contributed by atoms with Gasteiger partial charge in [0.15, 0.2) is 0 Å². The van der Waals surface area contributed by atoms with Gasteiger partial charge in [-0.05, 0) is 81.5 Å². The summed E-state index contributed by atoms with van der Waals surface area (Å²) >= 11 is 0. The minimum Gasteiger partial charge on any atom is -0.481 e. The number of carbonyl (C=O) groups is 2.